The zero-order chi connectivity index (χ0) is 23.5. The number of methoxy groups -OCH3 is 2. The van der Waals surface area contributed by atoms with Gasteiger partial charge in [0.05, 0.1) is 19.9 Å². The fourth-order valence-corrected chi connectivity index (χ4v) is 3.84. The fourth-order valence-electron chi connectivity index (χ4n) is 3.84. The van der Waals surface area contributed by atoms with Crippen molar-refractivity contribution in [3.63, 3.8) is 0 Å². The van der Waals surface area contributed by atoms with E-state index in [1.54, 1.807) is 37.1 Å². The van der Waals surface area contributed by atoms with Crippen LogP contribution in [0.15, 0.2) is 91.0 Å². The van der Waals surface area contributed by atoms with Crippen molar-refractivity contribution in [2.24, 2.45) is 0 Å². The molecule has 0 saturated heterocycles. The van der Waals surface area contributed by atoms with Crippen molar-refractivity contribution in [1.82, 2.24) is 14.8 Å². The molecule has 168 valence electrons. The van der Waals surface area contributed by atoms with E-state index in [0.717, 1.165) is 22.0 Å². The van der Waals surface area contributed by atoms with Gasteiger partial charge in [0.1, 0.15) is 0 Å². The number of carbonyl (C=O) groups excluding carboxylic acids is 1. The van der Waals surface area contributed by atoms with Gasteiger partial charge in [-0.3, -0.25) is 4.79 Å². The van der Waals surface area contributed by atoms with Crippen molar-refractivity contribution in [1.29, 1.82) is 0 Å². The lowest BCUT2D eigenvalue weighted by molar-refractivity contribution is 0.101. The Hall–Kier alpha value is -4.65. The molecule has 4 aromatic carbocycles. The Balaban J connectivity index is 1.58. The lowest BCUT2D eigenvalue weighted by Gasteiger charge is -2.10. The van der Waals surface area contributed by atoms with Gasteiger partial charge in [-0.25, -0.2) is 9.67 Å². The third-order valence-electron chi connectivity index (χ3n) is 5.48. The molecule has 1 amide bonds. The highest BCUT2D eigenvalue weighted by molar-refractivity contribution is 6.02. The van der Waals surface area contributed by atoms with Gasteiger partial charge in [-0.05, 0) is 23.6 Å². The Labute approximate surface area is 196 Å². The molecule has 1 N–H and O–H groups in total. The molecule has 0 saturated carbocycles. The first kappa shape index (κ1) is 21.2. The molecule has 0 spiro atoms. The van der Waals surface area contributed by atoms with Crippen LogP contribution >= 0.6 is 0 Å². The standard InChI is InChI=1S/C27H22N4O3/c1-33-23-16-15-20(17-24(23)34-2)28-27(32)25-29-26(19-10-4-3-5-11-19)31(30-25)22-14-8-12-18-9-6-7-13-21(18)22/h3-17H,1-2H3,(H,28,32). The Kier molecular flexibility index (Phi) is 5.66. The highest BCUT2D eigenvalue weighted by Crippen LogP contribution is 2.30. The van der Waals surface area contributed by atoms with Crippen LogP contribution in [0.3, 0.4) is 0 Å². The maximum atomic E-state index is 13.1. The number of nitrogens with one attached hydrogen (secondary N) is 1. The number of nitrogens with zero attached hydrogens (tertiary/aromatic N) is 3. The minimum Gasteiger partial charge on any atom is -0.493 e. The molecular weight excluding hydrogens is 428 g/mol. The minimum atomic E-state index is -0.427. The molecule has 0 aliphatic rings. The fraction of sp³-hybridized carbons (Fsp3) is 0.0741. The predicted molar refractivity (Wildman–Crippen MR) is 132 cm³/mol. The van der Waals surface area contributed by atoms with Gasteiger partial charge in [0.25, 0.3) is 5.91 Å². The van der Waals surface area contributed by atoms with E-state index in [1.807, 2.05) is 72.8 Å². The maximum absolute atomic E-state index is 13.1. The van der Waals surface area contributed by atoms with Crippen LogP contribution in [0.2, 0.25) is 0 Å². The van der Waals surface area contributed by atoms with Gasteiger partial charge in [0, 0.05) is 22.7 Å². The lowest BCUT2D eigenvalue weighted by Crippen LogP contribution is -2.14. The average Bonchev–Trinajstić information content (AvgIpc) is 3.34. The number of hydrogen-bond acceptors (Lipinski definition) is 5. The van der Waals surface area contributed by atoms with Gasteiger partial charge in [-0.1, -0.05) is 66.7 Å². The topological polar surface area (TPSA) is 78.3 Å². The van der Waals surface area contributed by atoms with E-state index in [9.17, 15) is 4.79 Å². The summed E-state index contributed by atoms with van der Waals surface area (Å²) in [4.78, 5) is 17.8. The van der Waals surface area contributed by atoms with Gasteiger partial charge >= 0.3 is 0 Å². The number of benzene rings is 4. The van der Waals surface area contributed by atoms with Crippen molar-refractivity contribution >= 4 is 22.4 Å². The normalized spacial score (nSPS) is 10.8. The number of aromatic nitrogens is 3. The van der Waals surface area contributed by atoms with Crippen LogP contribution in [-0.2, 0) is 0 Å². The summed E-state index contributed by atoms with van der Waals surface area (Å²) in [6, 6.07) is 28.9. The smallest absolute Gasteiger partial charge is 0.295 e. The maximum Gasteiger partial charge on any atom is 0.295 e. The van der Waals surface area contributed by atoms with Crippen LogP contribution in [0.5, 0.6) is 11.5 Å². The number of amides is 1. The van der Waals surface area contributed by atoms with E-state index >= 15 is 0 Å². The average molecular weight is 450 g/mol. The van der Waals surface area contributed by atoms with Gasteiger partial charge in [0.2, 0.25) is 5.82 Å². The third-order valence-corrected chi connectivity index (χ3v) is 5.48. The molecule has 7 heteroatoms. The Morgan fingerprint density at radius 2 is 1.56 bits per heavy atom. The van der Waals surface area contributed by atoms with Crippen molar-refractivity contribution < 1.29 is 14.3 Å². The molecule has 7 nitrogen and oxygen atoms in total. The van der Waals surface area contributed by atoms with E-state index < -0.39 is 5.91 Å². The van der Waals surface area contributed by atoms with E-state index in [-0.39, 0.29) is 5.82 Å². The van der Waals surface area contributed by atoms with Crippen LogP contribution in [0.1, 0.15) is 10.6 Å². The first-order chi connectivity index (χ1) is 16.7. The first-order valence-corrected chi connectivity index (χ1v) is 10.7. The molecule has 0 radical (unpaired) electrons. The molecule has 0 aliphatic heterocycles. The molecule has 1 heterocycles. The third kappa shape index (κ3) is 3.95. The molecule has 1 aromatic heterocycles. The highest BCUT2D eigenvalue weighted by Gasteiger charge is 2.20. The van der Waals surface area contributed by atoms with Gasteiger partial charge < -0.3 is 14.8 Å². The van der Waals surface area contributed by atoms with Crippen LogP contribution in [0.4, 0.5) is 5.69 Å². The molecule has 5 aromatic rings. The van der Waals surface area contributed by atoms with Gasteiger partial charge in [0.15, 0.2) is 17.3 Å². The molecular formula is C27H22N4O3. The second-order valence-electron chi connectivity index (χ2n) is 7.56. The second-order valence-corrected chi connectivity index (χ2v) is 7.56. The predicted octanol–water partition coefficient (Wildman–Crippen LogP) is 5.36. The first-order valence-electron chi connectivity index (χ1n) is 10.7. The highest BCUT2D eigenvalue weighted by atomic mass is 16.5. The van der Waals surface area contributed by atoms with Crippen molar-refractivity contribution in [3.05, 3.63) is 96.8 Å². The summed E-state index contributed by atoms with van der Waals surface area (Å²) in [6.07, 6.45) is 0. The Morgan fingerprint density at radius 1 is 0.824 bits per heavy atom. The summed E-state index contributed by atoms with van der Waals surface area (Å²) < 4.78 is 12.3. The van der Waals surface area contributed by atoms with Crippen LogP contribution in [0, 0.1) is 0 Å². The monoisotopic (exact) mass is 450 g/mol. The zero-order valence-corrected chi connectivity index (χ0v) is 18.7. The number of ether oxygens (including phenoxy) is 2. The molecule has 0 unspecified atom stereocenters. The summed E-state index contributed by atoms with van der Waals surface area (Å²) in [7, 11) is 3.11. The van der Waals surface area contributed by atoms with E-state index in [1.165, 1.54) is 0 Å². The lowest BCUT2D eigenvalue weighted by atomic mass is 10.1. The van der Waals surface area contributed by atoms with Crippen LogP contribution in [-0.4, -0.2) is 34.9 Å². The van der Waals surface area contributed by atoms with Gasteiger partial charge in [-0.2, -0.15) is 0 Å². The summed E-state index contributed by atoms with van der Waals surface area (Å²) in [5.74, 6) is 1.30. The SMILES string of the molecule is COc1ccc(NC(=O)c2nc(-c3ccccc3)n(-c3cccc4ccccc34)n2)cc1OC. The Morgan fingerprint density at radius 3 is 2.35 bits per heavy atom. The molecule has 34 heavy (non-hydrogen) atoms. The molecule has 5 rings (SSSR count). The van der Waals surface area contributed by atoms with E-state index in [0.29, 0.717) is 23.0 Å². The number of hydrogen-bond donors (Lipinski definition) is 1. The Bertz CT molecular complexity index is 1470. The molecule has 0 atom stereocenters. The van der Waals surface area contributed by atoms with Crippen molar-refractivity contribution in [2.45, 2.75) is 0 Å². The molecule has 0 fully saturated rings. The van der Waals surface area contributed by atoms with Crippen LogP contribution < -0.4 is 14.8 Å². The summed E-state index contributed by atoms with van der Waals surface area (Å²) in [6.45, 7) is 0. The number of fused-ring (bicyclic) bond motifs is 1. The van der Waals surface area contributed by atoms with Gasteiger partial charge in [-0.15, -0.1) is 5.10 Å². The summed E-state index contributed by atoms with van der Waals surface area (Å²) in [5.41, 5.74) is 2.24. The summed E-state index contributed by atoms with van der Waals surface area (Å²) >= 11 is 0. The number of carbonyl (C=O) groups is 1. The van der Waals surface area contributed by atoms with Crippen LogP contribution in [0.25, 0.3) is 27.8 Å². The quantitative estimate of drug-likeness (QED) is 0.377. The molecule has 0 bridgehead atoms. The van der Waals surface area contributed by atoms with Crippen molar-refractivity contribution in [2.75, 3.05) is 19.5 Å². The number of rotatable bonds is 6. The summed E-state index contributed by atoms with van der Waals surface area (Å²) in [5, 5.41) is 9.56. The second kappa shape index (κ2) is 9.07. The zero-order valence-electron chi connectivity index (χ0n) is 18.7. The molecule has 0 aliphatic carbocycles. The van der Waals surface area contributed by atoms with E-state index in [4.69, 9.17) is 9.47 Å². The minimum absolute atomic E-state index is 0.0570. The van der Waals surface area contributed by atoms with E-state index in [2.05, 4.69) is 15.4 Å². The number of anilines is 1. The largest absolute Gasteiger partial charge is 0.493 e. The van der Waals surface area contributed by atoms with Crippen molar-refractivity contribution in [3.8, 4) is 28.6 Å².